The molecule has 112 valence electrons. The minimum Gasteiger partial charge on any atom is -0.481 e. The number of nitrogens with one attached hydrogen (secondary N) is 2. The van der Waals surface area contributed by atoms with E-state index in [9.17, 15) is 4.79 Å². The summed E-state index contributed by atoms with van der Waals surface area (Å²) in [4.78, 5) is 13.1. The number of carbonyl (C=O) groups is 1. The second kappa shape index (κ2) is 8.87. The molecule has 5 heteroatoms. The van der Waals surface area contributed by atoms with E-state index >= 15 is 0 Å². The summed E-state index contributed by atoms with van der Waals surface area (Å²) in [5, 5.41) is 6.12. The van der Waals surface area contributed by atoms with E-state index in [1.807, 2.05) is 44.4 Å². The molecule has 1 aromatic carbocycles. The van der Waals surface area contributed by atoms with Crippen LogP contribution in [0.2, 0.25) is 0 Å². The highest BCUT2D eigenvalue weighted by Crippen LogP contribution is 2.19. The topological polar surface area (TPSA) is 50.4 Å². The maximum Gasteiger partial charge on any atom is 0.260 e. The van der Waals surface area contributed by atoms with Crippen LogP contribution >= 0.6 is 11.8 Å². The fourth-order valence-corrected chi connectivity index (χ4v) is 2.14. The van der Waals surface area contributed by atoms with Gasteiger partial charge in [-0.2, -0.15) is 0 Å². The lowest BCUT2D eigenvalue weighted by Gasteiger charge is -2.17. The summed E-state index contributed by atoms with van der Waals surface area (Å²) in [6.45, 7) is 7.34. The van der Waals surface area contributed by atoms with Crippen molar-refractivity contribution in [2.45, 2.75) is 37.8 Å². The van der Waals surface area contributed by atoms with Gasteiger partial charge in [-0.1, -0.05) is 6.92 Å². The van der Waals surface area contributed by atoms with Gasteiger partial charge in [0.2, 0.25) is 0 Å². The van der Waals surface area contributed by atoms with Crippen LogP contribution in [0.25, 0.3) is 0 Å². The molecule has 0 saturated heterocycles. The zero-order chi connectivity index (χ0) is 15.0. The lowest BCUT2D eigenvalue weighted by Crippen LogP contribution is -2.43. The van der Waals surface area contributed by atoms with E-state index in [-0.39, 0.29) is 11.9 Å². The summed E-state index contributed by atoms with van der Waals surface area (Å²) in [7, 11) is 0. The normalized spacial score (nSPS) is 13.6. The molecule has 0 radical (unpaired) electrons. The molecule has 2 atom stereocenters. The van der Waals surface area contributed by atoms with Gasteiger partial charge in [0.15, 0.2) is 6.10 Å². The zero-order valence-corrected chi connectivity index (χ0v) is 13.4. The highest BCUT2D eigenvalue weighted by molar-refractivity contribution is 7.98. The fourth-order valence-electron chi connectivity index (χ4n) is 1.73. The van der Waals surface area contributed by atoms with Crippen LogP contribution in [0.1, 0.15) is 20.8 Å². The van der Waals surface area contributed by atoms with Gasteiger partial charge in [-0.05, 0) is 50.9 Å². The molecule has 0 aliphatic heterocycles. The van der Waals surface area contributed by atoms with E-state index in [1.165, 1.54) is 4.90 Å². The predicted octanol–water partition coefficient (Wildman–Crippen LogP) is 2.29. The third-order valence-electron chi connectivity index (χ3n) is 2.88. The Morgan fingerprint density at radius 1 is 1.30 bits per heavy atom. The van der Waals surface area contributed by atoms with Crippen molar-refractivity contribution in [2.24, 2.45) is 0 Å². The highest BCUT2D eigenvalue weighted by atomic mass is 32.2. The van der Waals surface area contributed by atoms with E-state index < -0.39 is 6.10 Å². The molecular weight excluding hydrogens is 272 g/mol. The first-order chi connectivity index (χ1) is 9.56. The van der Waals surface area contributed by atoms with Crippen LogP contribution in [0.15, 0.2) is 29.2 Å². The van der Waals surface area contributed by atoms with Gasteiger partial charge in [-0.25, -0.2) is 0 Å². The monoisotopic (exact) mass is 296 g/mol. The summed E-state index contributed by atoms with van der Waals surface area (Å²) in [6.07, 6.45) is 1.53. The molecule has 0 fully saturated rings. The number of rotatable bonds is 8. The van der Waals surface area contributed by atoms with Crippen molar-refractivity contribution in [3.63, 3.8) is 0 Å². The van der Waals surface area contributed by atoms with Gasteiger partial charge in [0, 0.05) is 17.5 Å². The molecule has 1 aromatic rings. The smallest absolute Gasteiger partial charge is 0.260 e. The molecule has 4 nitrogen and oxygen atoms in total. The van der Waals surface area contributed by atoms with Gasteiger partial charge in [0.1, 0.15) is 5.75 Å². The number of hydrogen-bond acceptors (Lipinski definition) is 4. The van der Waals surface area contributed by atoms with E-state index in [0.29, 0.717) is 12.3 Å². The summed E-state index contributed by atoms with van der Waals surface area (Å²) in [5.41, 5.74) is 0. The molecule has 0 saturated carbocycles. The van der Waals surface area contributed by atoms with E-state index in [0.717, 1.165) is 6.54 Å². The minimum atomic E-state index is -0.496. The fraction of sp³-hybridized carbons (Fsp3) is 0.533. The van der Waals surface area contributed by atoms with Crippen molar-refractivity contribution >= 4 is 17.7 Å². The van der Waals surface area contributed by atoms with Gasteiger partial charge in [-0.15, -0.1) is 11.8 Å². The summed E-state index contributed by atoms with van der Waals surface area (Å²) >= 11 is 1.68. The van der Waals surface area contributed by atoms with Gasteiger partial charge < -0.3 is 15.4 Å². The number of hydrogen-bond donors (Lipinski definition) is 2. The van der Waals surface area contributed by atoms with Crippen molar-refractivity contribution in [1.82, 2.24) is 10.6 Å². The lowest BCUT2D eigenvalue weighted by atomic mass is 10.3. The molecule has 2 N–H and O–H groups in total. The number of likely N-dealkylation sites (N-methyl/N-ethyl adjacent to an activating group) is 1. The molecule has 0 aliphatic carbocycles. The first-order valence-corrected chi connectivity index (χ1v) is 8.11. The Hall–Kier alpha value is -1.20. The zero-order valence-electron chi connectivity index (χ0n) is 12.6. The number of thioether (sulfide) groups is 1. The number of carbonyl (C=O) groups excluding carboxylic acids is 1. The van der Waals surface area contributed by atoms with Crippen LogP contribution < -0.4 is 15.4 Å². The first kappa shape index (κ1) is 16.9. The van der Waals surface area contributed by atoms with Crippen LogP contribution in [0.3, 0.4) is 0 Å². The largest absolute Gasteiger partial charge is 0.481 e. The molecule has 0 heterocycles. The molecule has 20 heavy (non-hydrogen) atoms. The first-order valence-electron chi connectivity index (χ1n) is 6.88. The van der Waals surface area contributed by atoms with Gasteiger partial charge in [-0.3, -0.25) is 4.79 Å². The molecular formula is C15H24N2O2S. The maximum atomic E-state index is 11.9. The molecule has 1 rings (SSSR count). The molecule has 0 spiro atoms. The number of ether oxygens (including phenoxy) is 1. The van der Waals surface area contributed by atoms with Gasteiger partial charge in [0.25, 0.3) is 5.91 Å². The third-order valence-corrected chi connectivity index (χ3v) is 3.62. The summed E-state index contributed by atoms with van der Waals surface area (Å²) in [6, 6.07) is 8.00. The Labute approximate surface area is 125 Å². The SMILES string of the molecule is CCN[C@H](C)CNC(=O)C(C)Oc1ccc(SC)cc1. The van der Waals surface area contributed by atoms with Crippen LogP contribution in [0.5, 0.6) is 5.75 Å². The van der Waals surface area contributed by atoms with Crippen LogP contribution in [0, 0.1) is 0 Å². The van der Waals surface area contributed by atoms with Crippen molar-refractivity contribution in [3.8, 4) is 5.75 Å². The van der Waals surface area contributed by atoms with Crippen molar-refractivity contribution in [3.05, 3.63) is 24.3 Å². The van der Waals surface area contributed by atoms with Crippen molar-refractivity contribution in [2.75, 3.05) is 19.3 Å². The molecule has 0 bridgehead atoms. The van der Waals surface area contributed by atoms with Gasteiger partial charge in [0.05, 0.1) is 0 Å². The maximum absolute atomic E-state index is 11.9. The van der Waals surface area contributed by atoms with Crippen LogP contribution in [-0.4, -0.2) is 37.4 Å². The summed E-state index contributed by atoms with van der Waals surface area (Å²) < 4.78 is 5.63. The third kappa shape index (κ3) is 5.84. The van der Waals surface area contributed by atoms with Crippen LogP contribution in [-0.2, 0) is 4.79 Å². The van der Waals surface area contributed by atoms with E-state index in [1.54, 1.807) is 18.7 Å². The van der Waals surface area contributed by atoms with Crippen molar-refractivity contribution < 1.29 is 9.53 Å². The second-order valence-corrected chi connectivity index (χ2v) is 5.52. The average molecular weight is 296 g/mol. The Morgan fingerprint density at radius 2 is 1.95 bits per heavy atom. The molecule has 1 amide bonds. The van der Waals surface area contributed by atoms with E-state index in [4.69, 9.17) is 4.74 Å². The Morgan fingerprint density at radius 3 is 2.50 bits per heavy atom. The molecule has 0 aliphatic rings. The minimum absolute atomic E-state index is 0.0938. The molecule has 1 unspecified atom stereocenters. The van der Waals surface area contributed by atoms with E-state index in [2.05, 4.69) is 10.6 Å². The second-order valence-electron chi connectivity index (χ2n) is 4.64. The predicted molar refractivity (Wildman–Crippen MR) is 84.5 cm³/mol. The Bertz CT molecular complexity index is 409. The number of benzene rings is 1. The quantitative estimate of drug-likeness (QED) is 0.723. The highest BCUT2D eigenvalue weighted by Gasteiger charge is 2.15. The van der Waals surface area contributed by atoms with Gasteiger partial charge >= 0.3 is 0 Å². The number of amides is 1. The van der Waals surface area contributed by atoms with Crippen molar-refractivity contribution in [1.29, 1.82) is 0 Å². The lowest BCUT2D eigenvalue weighted by molar-refractivity contribution is -0.127. The Balaban J connectivity index is 2.40. The van der Waals surface area contributed by atoms with Crippen LogP contribution in [0.4, 0.5) is 0 Å². The average Bonchev–Trinajstić information content (AvgIpc) is 2.45. The molecule has 0 aromatic heterocycles. The summed E-state index contributed by atoms with van der Waals surface area (Å²) in [5.74, 6) is 0.619. The Kier molecular flexibility index (Phi) is 7.47. The standard InChI is InChI=1S/C15H24N2O2S/c1-5-16-11(2)10-17-15(18)12(3)19-13-6-8-14(20-4)9-7-13/h6-9,11-12,16H,5,10H2,1-4H3,(H,17,18)/t11-,12?/m1/s1.